The van der Waals surface area contributed by atoms with Crippen molar-refractivity contribution in [2.75, 3.05) is 6.54 Å². The molecule has 2 bridgehead atoms. The molecule has 0 radical (unpaired) electrons. The van der Waals surface area contributed by atoms with Crippen molar-refractivity contribution in [3.8, 4) is 0 Å². The summed E-state index contributed by atoms with van der Waals surface area (Å²) in [5, 5.41) is 12.5. The number of hydrogen-bond donors (Lipinski definition) is 2. The number of fused-ring (bicyclic) bond motifs is 2. The van der Waals surface area contributed by atoms with E-state index in [-0.39, 0.29) is 23.9 Å². The Hall–Kier alpha value is -1.26. The van der Waals surface area contributed by atoms with Gasteiger partial charge in [-0.2, -0.15) is 0 Å². The van der Waals surface area contributed by atoms with Gasteiger partial charge in [0.1, 0.15) is 0 Å². The summed E-state index contributed by atoms with van der Waals surface area (Å²) < 4.78 is 0. The average molecular weight is 280 g/mol. The number of amides is 2. The van der Waals surface area contributed by atoms with E-state index in [1.54, 1.807) is 0 Å². The first-order valence-corrected chi connectivity index (χ1v) is 7.91. The molecule has 2 N–H and O–H groups in total. The highest BCUT2D eigenvalue weighted by atomic mass is 16.4. The maximum Gasteiger partial charge on any atom is 0.317 e. The first kappa shape index (κ1) is 13.7. The second kappa shape index (κ2) is 5.26. The topological polar surface area (TPSA) is 69.6 Å². The van der Waals surface area contributed by atoms with E-state index >= 15 is 0 Å². The molecule has 0 aliphatic heterocycles. The lowest BCUT2D eigenvalue weighted by atomic mass is 9.84. The summed E-state index contributed by atoms with van der Waals surface area (Å²) in [6.45, 7) is 2.84. The van der Waals surface area contributed by atoms with Crippen LogP contribution >= 0.6 is 0 Å². The number of carbonyl (C=O) groups excluding carboxylic acids is 1. The minimum atomic E-state index is -0.740. The SMILES string of the molecule is CCCN(C(=O)NC1C2CCC(C2)C1C(=O)O)C1CC1. The van der Waals surface area contributed by atoms with Gasteiger partial charge >= 0.3 is 12.0 Å². The summed E-state index contributed by atoms with van der Waals surface area (Å²) in [4.78, 5) is 25.8. The summed E-state index contributed by atoms with van der Waals surface area (Å²) in [5.74, 6) is -0.479. The number of hydrogen-bond acceptors (Lipinski definition) is 2. The van der Waals surface area contributed by atoms with E-state index in [1.165, 1.54) is 0 Å². The van der Waals surface area contributed by atoms with E-state index in [9.17, 15) is 14.7 Å². The number of urea groups is 1. The van der Waals surface area contributed by atoms with Crippen molar-refractivity contribution in [3.05, 3.63) is 0 Å². The Balaban J connectivity index is 1.66. The predicted molar refractivity (Wildman–Crippen MR) is 74.3 cm³/mol. The molecule has 0 heterocycles. The Labute approximate surface area is 119 Å². The van der Waals surface area contributed by atoms with Crippen molar-refractivity contribution >= 4 is 12.0 Å². The molecule has 3 rings (SSSR count). The standard InChI is InChI=1S/C15H24N2O3/c1-2-7-17(11-5-6-11)15(20)16-13-10-4-3-9(8-10)12(13)14(18)19/h9-13H,2-8H2,1H3,(H,16,20)(H,18,19). The van der Waals surface area contributed by atoms with Crippen LogP contribution in [0.4, 0.5) is 4.79 Å². The summed E-state index contributed by atoms with van der Waals surface area (Å²) in [6, 6.07) is 0.187. The van der Waals surface area contributed by atoms with Crippen molar-refractivity contribution in [2.24, 2.45) is 17.8 Å². The Morgan fingerprint density at radius 3 is 2.50 bits per heavy atom. The number of nitrogens with zero attached hydrogens (tertiary/aromatic N) is 1. The van der Waals surface area contributed by atoms with Gasteiger partial charge < -0.3 is 15.3 Å². The maximum atomic E-state index is 12.4. The third-order valence-electron chi connectivity index (χ3n) is 5.20. The fourth-order valence-corrected chi connectivity index (χ4v) is 4.16. The summed E-state index contributed by atoms with van der Waals surface area (Å²) in [5.41, 5.74) is 0. The van der Waals surface area contributed by atoms with E-state index in [0.717, 1.165) is 45.1 Å². The number of carboxylic acid groups (broad SMARTS) is 1. The molecule has 5 heteroatoms. The normalized spacial score (nSPS) is 35.0. The minimum Gasteiger partial charge on any atom is -0.481 e. The summed E-state index contributed by atoms with van der Waals surface area (Å²) >= 11 is 0. The zero-order valence-corrected chi connectivity index (χ0v) is 12.0. The molecule has 0 spiro atoms. The van der Waals surface area contributed by atoms with Crippen molar-refractivity contribution in [3.63, 3.8) is 0 Å². The third kappa shape index (κ3) is 2.38. The van der Waals surface area contributed by atoms with Gasteiger partial charge in [-0.1, -0.05) is 6.92 Å². The summed E-state index contributed by atoms with van der Waals surface area (Å²) in [7, 11) is 0. The quantitative estimate of drug-likeness (QED) is 0.810. The van der Waals surface area contributed by atoms with Crippen LogP contribution in [-0.4, -0.2) is 40.6 Å². The Morgan fingerprint density at radius 2 is 1.90 bits per heavy atom. The molecule has 112 valence electrons. The lowest BCUT2D eigenvalue weighted by Gasteiger charge is -2.31. The minimum absolute atomic E-state index is 0.0434. The van der Waals surface area contributed by atoms with E-state index in [0.29, 0.717) is 12.0 Å². The monoisotopic (exact) mass is 280 g/mol. The Morgan fingerprint density at radius 1 is 1.20 bits per heavy atom. The maximum absolute atomic E-state index is 12.4. The molecule has 3 fully saturated rings. The van der Waals surface area contributed by atoms with Gasteiger partial charge in [0, 0.05) is 18.6 Å². The average Bonchev–Trinajstić information content (AvgIpc) is 3.04. The lowest BCUT2D eigenvalue weighted by molar-refractivity contribution is -0.144. The number of nitrogens with one attached hydrogen (secondary N) is 1. The van der Waals surface area contributed by atoms with Crippen LogP contribution in [-0.2, 0) is 4.79 Å². The van der Waals surface area contributed by atoms with Crippen molar-refractivity contribution in [1.29, 1.82) is 0 Å². The zero-order chi connectivity index (χ0) is 14.3. The number of rotatable bonds is 5. The van der Waals surface area contributed by atoms with Crippen LogP contribution in [0, 0.1) is 17.8 Å². The van der Waals surface area contributed by atoms with E-state index < -0.39 is 5.97 Å². The highest BCUT2D eigenvalue weighted by molar-refractivity contribution is 5.78. The number of carboxylic acids is 1. The Bertz CT molecular complexity index is 408. The molecular weight excluding hydrogens is 256 g/mol. The van der Waals surface area contributed by atoms with Crippen molar-refractivity contribution in [1.82, 2.24) is 10.2 Å². The molecule has 0 saturated heterocycles. The van der Waals surface area contributed by atoms with Crippen LogP contribution in [0.1, 0.15) is 45.4 Å². The predicted octanol–water partition coefficient (Wildman–Crippen LogP) is 2.07. The van der Waals surface area contributed by atoms with Crippen LogP contribution in [0.5, 0.6) is 0 Å². The van der Waals surface area contributed by atoms with Gasteiger partial charge in [-0.05, 0) is 50.4 Å². The number of carbonyl (C=O) groups is 2. The molecule has 0 aromatic heterocycles. The fraction of sp³-hybridized carbons (Fsp3) is 0.867. The first-order valence-electron chi connectivity index (χ1n) is 7.91. The molecule has 0 aromatic carbocycles. The van der Waals surface area contributed by atoms with Crippen LogP contribution in [0.3, 0.4) is 0 Å². The summed E-state index contributed by atoms with van der Waals surface area (Å²) in [6.07, 6.45) is 6.17. The molecule has 0 aromatic rings. The second-order valence-corrected chi connectivity index (χ2v) is 6.60. The van der Waals surface area contributed by atoms with Crippen LogP contribution in [0.2, 0.25) is 0 Å². The Kier molecular flexibility index (Phi) is 3.61. The third-order valence-corrected chi connectivity index (χ3v) is 5.20. The fourth-order valence-electron chi connectivity index (χ4n) is 4.16. The number of aliphatic carboxylic acids is 1. The van der Waals surface area contributed by atoms with Crippen LogP contribution < -0.4 is 5.32 Å². The van der Waals surface area contributed by atoms with Gasteiger partial charge in [0.2, 0.25) is 0 Å². The van der Waals surface area contributed by atoms with E-state index in [1.807, 2.05) is 4.90 Å². The highest BCUT2D eigenvalue weighted by Crippen LogP contribution is 2.48. The van der Waals surface area contributed by atoms with Crippen molar-refractivity contribution < 1.29 is 14.7 Å². The first-order chi connectivity index (χ1) is 9.61. The molecule has 3 aliphatic carbocycles. The van der Waals surface area contributed by atoms with Gasteiger partial charge in [0.15, 0.2) is 0 Å². The molecule has 3 saturated carbocycles. The molecule has 4 atom stereocenters. The molecule has 3 aliphatic rings. The zero-order valence-electron chi connectivity index (χ0n) is 12.0. The second-order valence-electron chi connectivity index (χ2n) is 6.60. The van der Waals surface area contributed by atoms with Gasteiger partial charge in [-0.15, -0.1) is 0 Å². The van der Waals surface area contributed by atoms with E-state index in [2.05, 4.69) is 12.2 Å². The smallest absolute Gasteiger partial charge is 0.317 e. The molecule has 5 nitrogen and oxygen atoms in total. The van der Waals surface area contributed by atoms with Crippen LogP contribution in [0.15, 0.2) is 0 Å². The van der Waals surface area contributed by atoms with Gasteiger partial charge in [0.25, 0.3) is 0 Å². The molecule has 20 heavy (non-hydrogen) atoms. The van der Waals surface area contributed by atoms with E-state index in [4.69, 9.17) is 0 Å². The van der Waals surface area contributed by atoms with Gasteiger partial charge in [-0.25, -0.2) is 4.79 Å². The van der Waals surface area contributed by atoms with Gasteiger partial charge in [-0.3, -0.25) is 4.79 Å². The lowest BCUT2D eigenvalue weighted by Crippen LogP contribution is -2.52. The largest absolute Gasteiger partial charge is 0.481 e. The highest BCUT2D eigenvalue weighted by Gasteiger charge is 2.52. The molecular formula is C15H24N2O3. The van der Waals surface area contributed by atoms with Crippen molar-refractivity contribution in [2.45, 2.75) is 57.5 Å². The molecule has 2 amide bonds. The van der Waals surface area contributed by atoms with Gasteiger partial charge in [0.05, 0.1) is 5.92 Å². The van der Waals surface area contributed by atoms with Crippen LogP contribution in [0.25, 0.3) is 0 Å². The molecule has 4 unspecified atom stereocenters.